The Hall–Kier alpha value is -0.120. The van der Waals surface area contributed by atoms with Gasteiger partial charge in [0.1, 0.15) is 0 Å². The highest BCUT2D eigenvalue weighted by atomic mass is 15.1. The highest BCUT2D eigenvalue weighted by molar-refractivity contribution is 4.46. The lowest BCUT2D eigenvalue weighted by Crippen LogP contribution is -2.20. The Morgan fingerprint density at radius 3 is 0.941 bits per heavy atom. The highest BCUT2D eigenvalue weighted by Gasteiger charge is 1.92. The average Bonchev–Trinajstić information content (AvgIpc) is 2.00. The lowest BCUT2D eigenvalue weighted by molar-refractivity contribution is 0.335. The van der Waals surface area contributed by atoms with E-state index >= 15 is 0 Å². The second kappa shape index (κ2) is 13.9. The van der Waals surface area contributed by atoms with Crippen LogP contribution >= 0.6 is 0 Å². The van der Waals surface area contributed by atoms with Crippen LogP contribution in [0.4, 0.5) is 0 Å². The first-order chi connectivity index (χ1) is 7.50. The summed E-state index contributed by atoms with van der Waals surface area (Å²) in [6, 6.07) is 0.685. The first-order valence-electron chi connectivity index (χ1n) is 6.42. The van der Waals surface area contributed by atoms with Gasteiger partial charge < -0.3 is 14.7 Å². The molecule has 3 nitrogen and oxygen atoms in total. The number of rotatable bonds is 3. The van der Waals surface area contributed by atoms with Gasteiger partial charge in [-0.3, -0.25) is 0 Å². The van der Waals surface area contributed by atoms with Crippen molar-refractivity contribution in [2.75, 3.05) is 55.9 Å². The molecule has 0 radical (unpaired) electrons. The normalized spacial score (nSPS) is 10.6. The molecule has 0 aromatic carbocycles. The SMILES string of the molecule is CC(C)CN(C)C.CC(C)N(C)C.CN(C)C. The predicted molar refractivity (Wildman–Crippen MR) is 81.8 cm³/mol. The van der Waals surface area contributed by atoms with Crippen LogP contribution in [0.2, 0.25) is 0 Å². The summed E-state index contributed by atoms with van der Waals surface area (Å²) in [7, 11) is 14.3. The first-order valence-corrected chi connectivity index (χ1v) is 6.42. The molecule has 0 spiro atoms. The van der Waals surface area contributed by atoms with Gasteiger partial charge >= 0.3 is 0 Å². The Kier molecular flexibility index (Phi) is 18.1. The molecule has 0 fully saturated rings. The minimum absolute atomic E-state index is 0.685. The quantitative estimate of drug-likeness (QED) is 0.758. The van der Waals surface area contributed by atoms with Crippen LogP contribution < -0.4 is 0 Å². The van der Waals surface area contributed by atoms with Crippen LogP contribution in [0, 0.1) is 5.92 Å². The molecule has 0 N–H and O–H groups in total. The summed E-state index contributed by atoms with van der Waals surface area (Å²) in [4.78, 5) is 6.37. The molecule has 0 saturated carbocycles. The van der Waals surface area contributed by atoms with E-state index in [1.807, 2.05) is 26.0 Å². The van der Waals surface area contributed by atoms with Gasteiger partial charge in [0, 0.05) is 6.04 Å². The lowest BCUT2D eigenvalue weighted by atomic mass is 10.2. The van der Waals surface area contributed by atoms with Crippen LogP contribution in [0.1, 0.15) is 27.7 Å². The molecule has 0 bridgehead atoms. The fourth-order valence-electron chi connectivity index (χ4n) is 0.730. The third-order valence-corrected chi connectivity index (χ3v) is 1.76. The molecule has 0 atom stereocenters. The summed E-state index contributed by atoms with van der Waals surface area (Å²) in [6.07, 6.45) is 0. The van der Waals surface area contributed by atoms with E-state index in [-0.39, 0.29) is 0 Å². The Morgan fingerprint density at radius 2 is 0.941 bits per heavy atom. The van der Waals surface area contributed by atoms with Crippen LogP contribution in [0.5, 0.6) is 0 Å². The molecule has 0 rings (SSSR count). The molecular formula is C14H37N3. The fourth-order valence-corrected chi connectivity index (χ4v) is 0.730. The van der Waals surface area contributed by atoms with Crippen LogP contribution in [0.15, 0.2) is 0 Å². The maximum Gasteiger partial charge on any atom is 0.00324 e. The van der Waals surface area contributed by atoms with Crippen molar-refractivity contribution >= 4 is 0 Å². The zero-order chi connectivity index (χ0) is 14.6. The van der Waals surface area contributed by atoms with E-state index in [9.17, 15) is 0 Å². The molecular weight excluding hydrogens is 210 g/mol. The molecule has 0 heterocycles. The monoisotopic (exact) mass is 247 g/mol. The third-order valence-electron chi connectivity index (χ3n) is 1.76. The average molecular weight is 247 g/mol. The minimum Gasteiger partial charge on any atom is -0.312 e. The van der Waals surface area contributed by atoms with Crippen molar-refractivity contribution < 1.29 is 0 Å². The molecule has 108 valence electrons. The summed E-state index contributed by atoms with van der Waals surface area (Å²) < 4.78 is 0. The van der Waals surface area contributed by atoms with Gasteiger partial charge in [0.25, 0.3) is 0 Å². The van der Waals surface area contributed by atoms with Crippen LogP contribution in [0.3, 0.4) is 0 Å². The summed E-state index contributed by atoms with van der Waals surface area (Å²) in [5.74, 6) is 0.801. The number of nitrogens with zero attached hydrogens (tertiary/aromatic N) is 3. The van der Waals surface area contributed by atoms with Crippen molar-refractivity contribution in [2.24, 2.45) is 5.92 Å². The van der Waals surface area contributed by atoms with E-state index in [0.717, 1.165) is 5.92 Å². The van der Waals surface area contributed by atoms with Gasteiger partial charge in [0.05, 0.1) is 0 Å². The van der Waals surface area contributed by atoms with Crippen molar-refractivity contribution in [3.05, 3.63) is 0 Å². The van der Waals surface area contributed by atoms with Gasteiger partial charge in [-0.05, 0) is 75.6 Å². The van der Waals surface area contributed by atoms with E-state index in [4.69, 9.17) is 0 Å². The smallest absolute Gasteiger partial charge is 0.00324 e. The summed E-state index contributed by atoms with van der Waals surface area (Å²) >= 11 is 0. The van der Waals surface area contributed by atoms with Crippen LogP contribution in [-0.4, -0.2) is 76.6 Å². The number of hydrogen-bond donors (Lipinski definition) is 0. The maximum absolute atomic E-state index is 2.22. The molecule has 0 saturated heterocycles. The molecule has 0 aliphatic carbocycles. The second-order valence-corrected chi connectivity index (χ2v) is 6.06. The first kappa shape index (κ1) is 22.1. The van der Waals surface area contributed by atoms with Crippen molar-refractivity contribution in [1.82, 2.24) is 14.7 Å². The van der Waals surface area contributed by atoms with Gasteiger partial charge in [-0.25, -0.2) is 0 Å². The lowest BCUT2D eigenvalue weighted by Gasteiger charge is -2.12. The van der Waals surface area contributed by atoms with Gasteiger partial charge in [-0.2, -0.15) is 0 Å². The Bertz CT molecular complexity index is 115. The summed E-state index contributed by atoms with van der Waals surface area (Å²) in [5.41, 5.74) is 0. The zero-order valence-electron chi connectivity index (χ0n) is 14.2. The van der Waals surface area contributed by atoms with Crippen LogP contribution in [-0.2, 0) is 0 Å². The van der Waals surface area contributed by atoms with E-state index < -0.39 is 0 Å². The summed E-state index contributed by atoms with van der Waals surface area (Å²) in [6.45, 7) is 9.97. The van der Waals surface area contributed by atoms with E-state index in [1.54, 1.807) is 0 Å². The van der Waals surface area contributed by atoms with Gasteiger partial charge in [0.2, 0.25) is 0 Å². The Balaban J connectivity index is -0.000000180. The third kappa shape index (κ3) is 49.3. The highest BCUT2D eigenvalue weighted by Crippen LogP contribution is 1.90. The fraction of sp³-hybridized carbons (Fsp3) is 1.00. The maximum atomic E-state index is 2.22. The zero-order valence-corrected chi connectivity index (χ0v) is 14.2. The van der Waals surface area contributed by atoms with Crippen molar-refractivity contribution in [3.8, 4) is 0 Å². The van der Waals surface area contributed by atoms with Crippen molar-refractivity contribution in [3.63, 3.8) is 0 Å². The van der Waals surface area contributed by atoms with Crippen LogP contribution in [0.25, 0.3) is 0 Å². The molecule has 0 amide bonds. The molecule has 3 heteroatoms. The molecule has 0 unspecified atom stereocenters. The minimum atomic E-state index is 0.685. The second-order valence-electron chi connectivity index (χ2n) is 6.06. The largest absolute Gasteiger partial charge is 0.312 e. The molecule has 17 heavy (non-hydrogen) atoms. The van der Waals surface area contributed by atoms with Crippen molar-refractivity contribution in [1.29, 1.82) is 0 Å². The predicted octanol–water partition coefficient (Wildman–Crippen LogP) is 2.34. The Labute approximate surface area is 111 Å². The standard InChI is InChI=1S/C6H15N.C5H13N.C3H9N/c1-6(2)5-7(3)4;1-5(2)6(3)4;1-4(2)3/h6H,5H2,1-4H3;5H,1-4H3;1-3H3. The Morgan fingerprint density at radius 1 is 0.706 bits per heavy atom. The van der Waals surface area contributed by atoms with Gasteiger partial charge in [-0.1, -0.05) is 13.8 Å². The van der Waals surface area contributed by atoms with E-state index in [0.29, 0.717) is 6.04 Å². The van der Waals surface area contributed by atoms with Gasteiger partial charge in [0.15, 0.2) is 0 Å². The molecule has 0 aliphatic rings. The van der Waals surface area contributed by atoms with Gasteiger partial charge in [-0.15, -0.1) is 0 Å². The number of hydrogen-bond acceptors (Lipinski definition) is 3. The topological polar surface area (TPSA) is 9.72 Å². The summed E-state index contributed by atoms with van der Waals surface area (Å²) in [5, 5.41) is 0. The molecule has 0 aliphatic heterocycles. The van der Waals surface area contributed by atoms with Crippen molar-refractivity contribution in [2.45, 2.75) is 33.7 Å². The van der Waals surface area contributed by atoms with E-state index in [1.165, 1.54) is 6.54 Å². The molecule has 0 aromatic rings. The van der Waals surface area contributed by atoms with E-state index in [2.05, 4.69) is 65.7 Å². The molecule has 0 aromatic heterocycles.